The third kappa shape index (κ3) is 2.02. The van der Waals surface area contributed by atoms with Crippen molar-refractivity contribution in [2.75, 3.05) is 0 Å². The molecule has 0 atom stereocenters. The lowest BCUT2D eigenvalue weighted by Gasteiger charge is -2.24. The van der Waals surface area contributed by atoms with Crippen LogP contribution in [-0.4, -0.2) is 11.6 Å². The molecule has 0 amide bonds. The van der Waals surface area contributed by atoms with E-state index < -0.39 is 5.82 Å². The van der Waals surface area contributed by atoms with Crippen molar-refractivity contribution in [1.82, 2.24) is 0 Å². The van der Waals surface area contributed by atoms with Gasteiger partial charge >= 0.3 is 0 Å². The Morgan fingerprint density at radius 1 is 0.600 bits per heavy atom. The number of hydrogen-bond acceptors (Lipinski definition) is 2. The van der Waals surface area contributed by atoms with Gasteiger partial charge in [0.2, 0.25) is 0 Å². The van der Waals surface area contributed by atoms with Gasteiger partial charge in [0.1, 0.15) is 5.82 Å². The van der Waals surface area contributed by atoms with Crippen LogP contribution in [0, 0.1) is 5.82 Å². The zero-order valence-corrected chi connectivity index (χ0v) is 13.3. The second-order valence-corrected chi connectivity index (χ2v) is 6.64. The molecule has 2 aliphatic rings. The van der Waals surface area contributed by atoms with E-state index in [-0.39, 0.29) is 11.6 Å². The molecule has 0 saturated heterocycles. The monoisotopic (exact) mass is 328 g/mol. The number of halogens is 1. The quantitative estimate of drug-likeness (QED) is 0.429. The van der Waals surface area contributed by atoms with E-state index in [0.29, 0.717) is 29.5 Å². The molecule has 2 aliphatic carbocycles. The maximum Gasteiger partial charge on any atom is 0.193 e. The Bertz CT molecular complexity index is 1100. The molecule has 0 heterocycles. The molecule has 120 valence electrons. The predicted molar refractivity (Wildman–Crippen MR) is 91.8 cm³/mol. The second-order valence-electron chi connectivity index (χ2n) is 6.64. The lowest BCUT2D eigenvalue weighted by atomic mass is 9.78. The third-order valence-corrected chi connectivity index (χ3v) is 5.16. The average molecular weight is 328 g/mol. The summed E-state index contributed by atoms with van der Waals surface area (Å²) in [4.78, 5) is 25.7. The molecule has 5 rings (SSSR count). The van der Waals surface area contributed by atoms with Crippen molar-refractivity contribution >= 4 is 11.6 Å². The van der Waals surface area contributed by atoms with Crippen LogP contribution < -0.4 is 0 Å². The fourth-order valence-electron chi connectivity index (χ4n) is 3.92. The Morgan fingerprint density at radius 3 is 1.88 bits per heavy atom. The van der Waals surface area contributed by atoms with Crippen molar-refractivity contribution in [3.63, 3.8) is 0 Å². The zero-order valence-electron chi connectivity index (χ0n) is 13.3. The maximum atomic E-state index is 13.5. The van der Waals surface area contributed by atoms with Crippen LogP contribution in [0.15, 0.2) is 54.6 Å². The predicted octanol–water partition coefficient (Wildman–Crippen LogP) is 4.10. The topological polar surface area (TPSA) is 34.1 Å². The van der Waals surface area contributed by atoms with Gasteiger partial charge in [0.15, 0.2) is 11.6 Å². The highest BCUT2D eigenvalue weighted by atomic mass is 19.1. The summed E-state index contributed by atoms with van der Waals surface area (Å²) < 4.78 is 13.5. The molecule has 0 radical (unpaired) electrons. The number of rotatable bonds is 0. The first-order chi connectivity index (χ1) is 12.1. The smallest absolute Gasteiger partial charge is 0.193 e. The van der Waals surface area contributed by atoms with Gasteiger partial charge in [-0.2, -0.15) is 0 Å². The molecule has 3 aromatic carbocycles. The minimum atomic E-state index is -0.405. The first kappa shape index (κ1) is 14.3. The molecule has 0 N–H and O–H groups in total. The molecule has 0 aromatic heterocycles. The van der Waals surface area contributed by atoms with E-state index in [0.717, 1.165) is 27.8 Å². The minimum absolute atomic E-state index is 0.0111. The fraction of sp³-hybridized carbons (Fsp3) is 0.0909. The normalized spacial score (nSPS) is 14.4. The number of fused-ring (bicyclic) bond motifs is 4. The van der Waals surface area contributed by atoms with Crippen molar-refractivity contribution in [1.29, 1.82) is 0 Å². The molecule has 0 unspecified atom stereocenters. The summed E-state index contributed by atoms with van der Waals surface area (Å²) in [6, 6.07) is 15.6. The summed E-state index contributed by atoms with van der Waals surface area (Å²) in [5.41, 5.74) is 5.93. The van der Waals surface area contributed by atoms with Gasteiger partial charge in [-0.05, 0) is 59.4 Å². The van der Waals surface area contributed by atoms with Crippen LogP contribution >= 0.6 is 0 Å². The Balaban J connectivity index is 1.68. The van der Waals surface area contributed by atoms with Gasteiger partial charge in [0, 0.05) is 22.3 Å². The third-order valence-electron chi connectivity index (χ3n) is 5.16. The first-order valence-corrected chi connectivity index (χ1v) is 8.23. The summed E-state index contributed by atoms with van der Waals surface area (Å²) >= 11 is 0. The Kier molecular flexibility index (Phi) is 2.84. The van der Waals surface area contributed by atoms with Gasteiger partial charge in [-0.15, -0.1) is 0 Å². The van der Waals surface area contributed by atoms with Crippen molar-refractivity contribution in [3.05, 3.63) is 105 Å². The second kappa shape index (κ2) is 4.96. The van der Waals surface area contributed by atoms with Gasteiger partial charge in [-0.1, -0.05) is 30.3 Å². The molecule has 0 saturated carbocycles. The van der Waals surface area contributed by atoms with E-state index >= 15 is 0 Å². The van der Waals surface area contributed by atoms with Gasteiger partial charge in [-0.25, -0.2) is 4.39 Å². The van der Waals surface area contributed by atoms with E-state index in [1.165, 1.54) is 12.1 Å². The van der Waals surface area contributed by atoms with Crippen LogP contribution in [0.2, 0.25) is 0 Å². The largest absolute Gasteiger partial charge is 0.289 e. The van der Waals surface area contributed by atoms with Crippen LogP contribution in [0.1, 0.15) is 54.1 Å². The van der Waals surface area contributed by atoms with Crippen molar-refractivity contribution in [2.45, 2.75) is 12.8 Å². The lowest BCUT2D eigenvalue weighted by Crippen LogP contribution is -2.20. The molecular weight excluding hydrogens is 315 g/mol. The molecule has 3 heteroatoms. The van der Waals surface area contributed by atoms with Gasteiger partial charge in [0.25, 0.3) is 0 Å². The van der Waals surface area contributed by atoms with Crippen LogP contribution in [0.5, 0.6) is 0 Å². The van der Waals surface area contributed by atoms with Crippen LogP contribution in [0.4, 0.5) is 4.39 Å². The molecular formula is C22H13FO2. The number of benzene rings is 3. The lowest BCUT2D eigenvalue weighted by molar-refractivity contribution is 0.102. The van der Waals surface area contributed by atoms with Crippen molar-refractivity contribution < 1.29 is 14.0 Å². The molecule has 0 aliphatic heterocycles. The Labute approximate surface area is 143 Å². The first-order valence-electron chi connectivity index (χ1n) is 8.23. The van der Waals surface area contributed by atoms with Crippen LogP contribution in [-0.2, 0) is 12.8 Å². The van der Waals surface area contributed by atoms with E-state index in [1.54, 1.807) is 6.07 Å². The summed E-state index contributed by atoms with van der Waals surface area (Å²) in [6.07, 6.45) is 1.17. The van der Waals surface area contributed by atoms with Crippen LogP contribution in [0.3, 0.4) is 0 Å². The summed E-state index contributed by atoms with van der Waals surface area (Å²) in [6.45, 7) is 0. The van der Waals surface area contributed by atoms with Crippen LogP contribution in [0.25, 0.3) is 0 Å². The highest BCUT2D eigenvalue weighted by Crippen LogP contribution is 2.34. The van der Waals surface area contributed by atoms with Gasteiger partial charge < -0.3 is 0 Å². The Morgan fingerprint density at radius 2 is 1.16 bits per heavy atom. The number of carbonyl (C=O) groups is 2. The molecule has 3 aromatic rings. The SMILES string of the molecule is O=C1c2ccccc2Cc2cc3c(cc21)Cc1ccc(F)cc1C3=O. The minimum Gasteiger partial charge on any atom is -0.289 e. The number of hydrogen-bond donors (Lipinski definition) is 0. The average Bonchev–Trinajstić information content (AvgIpc) is 2.62. The van der Waals surface area contributed by atoms with Gasteiger partial charge in [-0.3, -0.25) is 9.59 Å². The molecule has 2 nitrogen and oxygen atoms in total. The summed E-state index contributed by atoms with van der Waals surface area (Å²) in [5, 5.41) is 0. The number of carbonyl (C=O) groups excluding carboxylic acids is 2. The maximum absolute atomic E-state index is 13.5. The summed E-state index contributed by atoms with van der Waals surface area (Å²) in [5.74, 6) is -0.556. The van der Waals surface area contributed by atoms with E-state index in [9.17, 15) is 14.0 Å². The van der Waals surface area contributed by atoms with E-state index in [2.05, 4.69) is 0 Å². The summed E-state index contributed by atoms with van der Waals surface area (Å²) in [7, 11) is 0. The van der Waals surface area contributed by atoms with Crippen molar-refractivity contribution in [2.24, 2.45) is 0 Å². The highest BCUT2D eigenvalue weighted by molar-refractivity contribution is 6.16. The van der Waals surface area contributed by atoms with Crippen molar-refractivity contribution in [3.8, 4) is 0 Å². The van der Waals surface area contributed by atoms with E-state index in [1.807, 2.05) is 36.4 Å². The fourth-order valence-corrected chi connectivity index (χ4v) is 3.92. The number of ketones is 2. The molecule has 0 bridgehead atoms. The zero-order chi connectivity index (χ0) is 17.1. The Hall–Kier alpha value is -3.07. The molecule has 25 heavy (non-hydrogen) atoms. The van der Waals surface area contributed by atoms with E-state index in [4.69, 9.17) is 0 Å². The molecule has 0 spiro atoms. The highest BCUT2D eigenvalue weighted by Gasteiger charge is 2.29. The molecule has 0 fully saturated rings. The van der Waals surface area contributed by atoms with Gasteiger partial charge in [0.05, 0.1) is 0 Å². The standard InChI is InChI=1S/C22H13FO2/c23-16-6-5-13-8-15-9-18-14(10-19(15)22(25)20(13)11-16)7-12-3-1-2-4-17(12)21(18)24/h1-6,9-11H,7-8H2.